The fourth-order valence-electron chi connectivity index (χ4n) is 3.72. The highest BCUT2D eigenvalue weighted by molar-refractivity contribution is 5.88. The van der Waals surface area contributed by atoms with E-state index in [1.165, 1.54) is 34.7 Å². The minimum Gasteiger partial charge on any atom is -0.493 e. The molecule has 0 unspecified atom stereocenters. The number of benzene rings is 2. The van der Waals surface area contributed by atoms with Gasteiger partial charge in [-0.05, 0) is 42.5 Å². The van der Waals surface area contributed by atoms with Crippen molar-refractivity contribution in [1.29, 1.82) is 0 Å². The van der Waals surface area contributed by atoms with Crippen LogP contribution in [-0.2, 0) is 16.1 Å². The summed E-state index contributed by atoms with van der Waals surface area (Å²) in [7, 11) is 0. The molecule has 0 aliphatic carbocycles. The molecule has 0 fully saturated rings. The van der Waals surface area contributed by atoms with Crippen molar-refractivity contribution in [3.63, 3.8) is 0 Å². The summed E-state index contributed by atoms with van der Waals surface area (Å²) in [4.78, 5) is 11.4. The number of carbonyl (C=O) groups excluding carboxylic acids is 1. The SMILES string of the molecule is C=CC(=O)OCC(C)(C)COc1ccc2cc(-c3ccccc3)n(CCCC(C)C)c2c1. The average Bonchev–Trinajstić information content (AvgIpc) is 3.14. The first-order valence-electron chi connectivity index (χ1n) is 11.4. The van der Waals surface area contributed by atoms with Gasteiger partial charge in [0.1, 0.15) is 5.75 Å². The van der Waals surface area contributed by atoms with Gasteiger partial charge >= 0.3 is 5.97 Å². The predicted octanol–water partition coefficient (Wildman–Crippen LogP) is 6.88. The smallest absolute Gasteiger partial charge is 0.330 e. The van der Waals surface area contributed by atoms with Crippen LogP contribution in [0.4, 0.5) is 0 Å². The van der Waals surface area contributed by atoms with Gasteiger partial charge in [0.2, 0.25) is 0 Å². The van der Waals surface area contributed by atoms with Gasteiger partial charge in [-0.15, -0.1) is 0 Å². The Balaban J connectivity index is 1.84. The standard InChI is InChI=1S/C28H35NO3/c1-6-27(30)32-20-28(4,5)19-31-24-15-14-23-17-25(22-12-8-7-9-13-22)29(26(23)18-24)16-10-11-21(2)3/h6-9,12-15,17-18,21H,1,10-11,16,19-20H2,2-5H3. The van der Waals surface area contributed by atoms with Gasteiger partial charge in [0, 0.05) is 35.2 Å². The molecular formula is C28H35NO3. The Morgan fingerprint density at radius 3 is 2.53 bits per heavy atom. The van der Waals surface area contributed by atoms with E-state index in [2.05, 4.69) is 73.5 Å². The highest BCUT2D eigenvalue weighted by Crippen LogP contribution is 2.32. The maximum Gasteiger partial charge on any atom is 0.330 e. The van der Waals surface area contributed by atoms with Crippen molar-refractivity contribution >= 4 is 16.9 Å². The quantitative estimate of drug-likeness (QED) is 0.244. The lowest BCUT2D eigenvalue weighted by atomic mass is 9.96. The second-order valence-electron chi connectivity index (χ2n) is 9.57. The van der Waals surface area contributed by atoms with Crippen LogP contribution in [0.1, 0.15) is 40.5 Å². The number of carbonyl (C=O) groups is 1. The number of ether oxygens (including phenoxy) is 2. The third kappa shape index (κ3) is 6.25. The van der Waals surface area contributed by atoms with Crippen molar-refractivity contribution in [3.8, 4) is 17.0 Å². The third-order valence-electron chi connectivity index (χ3n) is 5.51. The van der Waals surface area contributed by atoms with Crippen molar-refractivity contribution in [1.82, 2.24) is 4.57 Å². The lowest BCUT2D eigenvalue weighted by molar-refractivity contribution is -0.141. The minimum atomic E-state index is -0.410. The van der Waals surface area contributed by atoms with E-state index in [4.69, 9.17) is 9.47 Å². The van der Waals surface area contributed by atoms with Crippen LogP contribution in [0, 0.1) is 11.3 Å². The van der Waals surface area contributed by atoms with Crippen molar-refractivity contribution in [2.24, 2.45) is 11.3 Å². The maximum atomic E-state index is 11.4. The van der Waals surface area contributed by atoms with E-state index in [0.717, 1.165) is 18.7 Å². The Kier molecular flexibility index (Phi) is 7.79. The highest BCUT2D eigenvalue weighted by Gasteiger charge is 2.21. The van der Waals surface area contributed by atoms with Crippen LogP contribution < -0.4 is 4.74 Å². The number of rotatable bonds is 11. The van der Waals surface area contributed by atoms with Crippen molar-refractivity contribution in [2.75, 3.05) is 13.2 Å². The molecule has 2 aromatic carbocycles. The molecule has 1 heterocycles. The molecule has 3 aromatic rings. The van der Waals surface area contributed by atoms with Gasteiger partial charge in [0.15, 0.2) is 0 Å². The summed E-state index contributed by atoms with van der Waals surface area (Å²) in [6, 6.07) is 19.1. The first-order valence-corrected chi connectivity index (χ1v) is 11.4. The van der Waals surface area contributed by atoms with E-state index < -0.39 is 5.97 Å². The first-order chi connectivity index (χ1) is 15.3. The summed E-state index contributed by atoms with van der Waals surface area (Å²) < 4.78 is 13.7. The Bertz CT molecular complexity index is 1050. The fourth-order valence-corrected chi connectivity index (χ4v) is 3.72. The van der Waals surface area contributed by atoms with Gasteiger partial charge in [0.25, 0.3) is 0 Å². The van der Waals surface area contributed by atoms with Crippen molar-refractivity contribution in [3.05, 3.63) is 67.3 Å². The van der Waals surface area contributed by atoms with Gasteiger partial charge in [-0.3, -0.25) is 0 Å². The molecule has 170 valence electrons. The summed E-state index contributed by atoms with van der Waals surface area (Å²) in [5, 5.41) is 1.21. The van der Waals surface area contributed by atoms with Gasteiger partial charge in [-0.1, -0.05) is 64.6 Å². The molecule has 1 aromatic heterocycles. The summed E-state index contributed by atoms with van der Waals surface area (Å²) in [5.74, 6) is 1.10. The maximum absolute atomic E-state index is 11.4. The van der Waals surface area contributed by atoms with Crippen LogP contribution in [0.2, 0.25) is 0 Å². The molecule has 0 amide bonds. The van der Waals surface area contributed by atoms with Gasteiger partial charge in [0.05, 0.1) is 18.7 Å². The third-order valence-corrected chi connectivity index (χ3v) is 5.51. The van der Waals surface area contributed by atoms with Crippen LogP contribution >= 0.6 is 0 Å². The number of aromatic nitrogens is 1. The molecular weight excluding hydrogens is 398 g/mol. The molecule has 0 spiro atoms. The fraction of sp³-hybridized carbons (Fsp3) is 0.393. The predicted molar refractivity (Wildman–Crippen MR) is 132 cm³/mol. The number of esters is 1. The van der Waals surface area contributed by atoms with Gasteiger partial charge in [-0.25, -0.2) is 4.79 Å². The lowest BCUT2D eigenvalue weighted by Crippen LogP contribution is -2.28. The number of aryl methyl sites for hydroxylation is 1. The van der Waals surface area contributed by atoms with E-state index >= 15 is 0 Å². The number of nitrogens with zero attached hydrogens (tertiary/aromatic N) is 1. The first kappa shape index (κ1) is 23.6. The summed E-state index contributed by atoms with van der Waals surface area (Å²) >= 11 is 0. The van der Waals surface area contributed by atoms with E-state index in [0.29, 0.717) is 12.5 Å². The molecule has 4 heteroatoms. The van der Waals surface area contributed by atoms with E-state index in [9.17, 15) is 4.79 Å². The number of hydrogen-bond donors (Lipinski definition) is 0. The Labute approximate surface area is 191 Å². The Morgan fingerprint density at radius 2 is 1.84 bits per heavy atom. The van der Waals surface area contributed by atoms with Crippen molar-refractivity contribution in [2.45, 2.75) is 47.1 Å². The molecule has 0 atom stereocenters. The number of fused-ring (bicyclic) bond motifs is 1. The molecule has 0 aliphatic heterocycles. The van der Waals surface area contributed by atoms with E-state index in [1.54, 1.807) is 0 Å². The summed E-state index contributed by atoms with van der Waals surface area (Å²) in [5.41, 5.74) is 3.34. The normalized spacial score (nSPS) is 11.7. The van der Waals surface area contributed by atoms with Crippen LogP contribution in [0.3, 0.4) is 0 Å². The molecule has 0 saturated carbocycles. The lowest BCUT2D eigenvalue weighted by Gasteiger charge is -2.24. The van der Waals surface area contributed by atoms with Crippen LogP contribution in [0.15, 0.2) is 67.3 Å². The van der Waals surface area contributed by atoms with Crippen LogP contribution in [0.5, 0.6) is 5.75 Å². The second-order valence-corrected chi connectivity index (χ2v) is 9.57. The van der Waals surface area contributed by atoms with E-state index in [1.807, 2.05) is 19.9 Å². The molecule has 4 nitrogen and oxygen atoms in total. The zero-order valence-corrected chi connectivity index (χ0v) is 19.8. The number of hydrogen-bond acceptors (Lipinski definition) is 3. The Morgan fingerprint density at radius 1 is 1.09 bits per heavy atom. The molecule has 0 radical (unpaired) electrons. The summed E-state index contributed by atoms with van der Waals surface area (Å²) in [6.45, 7) is 13.7. The minimum absolute atomic E-state index is 0.282. The highest BCUT2D eigenvalue weighted by atomic mass is 16.5. The zero-order valence-electron chi connectivity index (χ0n) is 19.8. The molecule has 0 N–H and O–H groups in total. The largest absolute Gasteiger partial charge is 0.493 e. The average molecular weight is 434 g/mol. The van der Waals surface area contributed by atoms with Crippen LogP contribution in [0.25, 0.3) is 22.2 Å². The summed E-state index contributed by atoms with van der Waals surface area (Å²) in [6.07, 6.45) is 3.51. The van der Waals surface area contributed by atoms with Crippen LogP contribution in [-0.4, -0.2) is 23.8 Å². The Hall–Kier alpha value is -3.01. The van der Waals surface area contributed by atoms with Gasteiger partial charge in [-0.2, -0.15) is 0 Å². The zero-order chi connectivity index (χ0) is 23.1. The van der Waals surface area contributed by atoms with Gasteiger partial charge < -0.3 is 14.0 Å². The molecule has 0 saturated heterocycles. The van der Waals surface area contributed by atoms with Crippen molar-refractivity contribution < 1.29 is 14.3 Å². The topological polar surface area (TPSA) is 40.5 Å². The molecule has 0 bridgehead atoms. The monoisotopic (exact) mass is 433 g/mol. The second kappa shape index (κ2) is 10.5. The molecule has 32 heavy (non-hydrogen) atoms. The van der Waals surface area contributed by atoms with E-state index in [-0.39, 0.29) is 12.0 Å². The molecule has 0 aliphatic rings. The molecule has 3 rings (SSSR count).